The zero-order valence-electron chi connectivity index (χ0n) is 17.7. The van der Waals surface area contributed by atoms with Crippen molar-refractivity contribution in [3.05, 3.63) is 97.6 Å². The van der Waals surface area contributed by atoms with Crippen LogP contribution >= 0.6 is 23.1 Å². The van der Waals surface area contributed by atoms with Gasteiger partial charge < -0.3 is 14.9 Å². The molecule has 0 aliphatic carbocycles. The summed E-state index contributed by atoms with van der Waals surface area (Å²) in [5.41, 5.74) is 3.45. The number of thiophene rings is 1. The van der Waals surface area contributed by atoms with E-state index in [0.717, 1.165) is 27.7 Å². The molecule has 162 valence electrons. The Morgan fingerprint density at radius 1 is 1.25 bits per heavy atom. The van der Waals surface area contributed by atoms with Gasteiger partial charge in [0.15, 0.2) is 5.43 Å². The summed E-state index contributed by atoms with van der Waals surface area (Å²) in [6.45, 7) is 4.06. The molecule has 8 heteroatoms. The first-order valence-electron chi connectivity index (χ1n) is 10.3. The van der Waals surface area contributed by atoms with Gasteiger partial charge in [0.05, 0.1) is 12.2 Å². The standard InChI is InChI=1S/C24H22N4O2S2/c1-14-12-25-22(27-14)13-26-24(30)23-17-11-21(20-8-5-9-31-20)32-19-7-4-3-6-16(19)28(17)15(2)10-18(23)29/h3-10,12,21H,11,13H2,1-2H3,(H,25,27)(H,26,30)/t21-/m0/s1. The number of nitrogens with one attached hydrogen (secondary N) is 2. The Labute approximate surface area is 193 Å². The third kappa shape index (κ3) is 3.80. The summed E-state index contributed by atoms with van der Waals surface area (Å²) in [5.74, 6) is 0.286. The summed E-state index contributed by atoms with van der Waals surface area (Å²) in [6, 6.07) is 13.9. The smallest absolute Gasteiger partial charge is 0.257 e. The molecule has 0 saturated heterocycles. The quantitative estimate of drug-likeness (QED) is 0.466. The maximum absolute atomic E-state index is 13.3. The van der Waals surface area contributed by atoms with Crippen molar-refractivity contribution in [2.45, 2.75) is 37.0 Å². The van der Waals surface area contributed by atoms with E-state index in [0.29, 0.717) is 12.2 Å². The van der Waals surface area contributed by atoms with E-state index >= 15 is 0 Å². The fourth-order valence-corrected chi connectivity index (χ4v) is 6.32. The fraction of sp³-hybridized carbons (Fsp3) is 0.208. The highest BCUT2D eigenvalue weighted by molar-refractivity contribution is 7.99. The second-order valence-electron chi connectivity index (χ2n) is 7.80. The summed E-state index contributed by atoms with van der Waals surface area (Å²) in [4.78, 5) is 36.1. The molecular formula is C24H22N4O2S2. The number of benzene rings is 1. The first-order chi connectivity index (χ1) is 15.5. The van der Waals surface area contributed by atoms with Gasteiger partial charge in [-0.25, -0.2) is 4.98 Å². The van der Waals surface area contributed by atoms with Crippen LogP contribution in [0.15, 0.2) is 63.7 Å². The number of nitrogens with zero attached hydrogens (tertiary/aromatic N) is 2. The highest BCUT2D eigenvalue weighted by atomic mass is 32.2. The van der Waals surface area contributed by atoms with Crippen LogP contribution < -0.4 is 10.7 Å². The summed E-state index contributed by atoms with van der Waals surface area (Å²) in [7, 11) is 0. The third-order valence-electron chi connectivity index (χ3n) is 5.51. The first kappa shape index (κ1) is 20.8. The predicted octanol–water partition coefficient (Wildman–Crippen LogP) is 4.56. The summed E-state index contributed by atoms with van der Waals surface area (Å²) in [6.07, 6.45) is 2.30. The van der Waals surface area contributed by atoms with Crippen LogP contribution in [-0.2, 0) is 13.0 Å². The molecule has 32 heavy (non-hydrogen) atoms. The Kier molecular flexibility index (Phi) is 5.48. The Bertz CT molecular complexity index is 1350. The second-order valence-corrected chi connectivity index (χ2v) is 10.0. The number of carbonyl (C=O) groups excluding carboxylic acids is 1. The predicted molar refractivity (Wildman–Crippen MR) is 128 cm³/mol. The van der Waals surface area contributed by atoms with Gasteiger partial charge in [0, 0.05) is 50.8 Å². The van der Waals surface area contributed by atoms with E-state index in [1.54, 1.807) is 35.4 Å². The number of amides is 1. The number of carbonyl (C=O) groups is 1. The molecule has 1 atom stereocenters. The van der Waals surface area contributed by atoms with Crippen LogP contribution in [0.5, 0.6) is 0 Å². The number of hydrogen-bond acceptors (Lipinski definition) is 5. The van der Waals surface area contributed by atoms with E-state index < -0.39 is 0 Å². The Morgan fingerprint density at radius 2 is 2.09 bits per heavy atom. The number of aryl methyl sites for hydroxylation is 2. The van der Waals surface area contributed by atoms with Gasteiger partial charge in [-0.3, -0.25) is 9.59 Å². The molecule has 4 heterocycles. The van der Waals surface area contributed by atoms with Gasteiger partial charge >= 0.3 is 0 Å². The first-order valence-corrected chi connectivity index (χ1v) is 12.1. The Hall–Kier alpha value is -3.10. The molecule has 0 bridgehead atoms. The van der Waals surface area contributed by atoms with Gasteiger partial charge in [0.1, 0.15) is 11.4 Å². The number of fused-ring (bicyclic) bond motifs is 3. The number of para-hydroxylation sites is 1. The molecule has 3 aromatic heterocycles. The highest BCUT2D eigenvalue weighted by Gasteiger charge is 2.29. The minimum absolute atomic E-state index is 0.116. The topological polar surface area (TPSA) is 79.8 Å². The SMILES string of the molecule is Cc1cnc(CNC(=O)c2c3n(c(C)cc2=O)-c2ccccc2S[C@H](c2cccs2)C3)[nH]1. The molecule has 5 rings (SSSR count). The van der Waals surface area contributed by atoms with Crippen molar-refractivity contribution in [1.29, 1.82) is 0 Å². The zero-order valence-corrected chi connectivity index (χ0v) is 19.3. The number of rotatable bonds is 4. The van der Waals surface area contributed by atoms with Crippen LogP contribution in [0, 0.1) is 13.8 Å². The van der Waals surface area contributed by atoms with Gasteiger partial charge in [0.25, 0.3) is 5.91 Å². The van der Waals surface area contributed by atoms with E-state index in [-0.39, 0.29) is 28.7 Å². The monoisotopic (exact) mass is 462 g/mol. The van der Waals surface area contributed by atoms with Gasteiger partial charge in [-0.2, -0.15) is 0 Å². The number of pyridine rings is 1. The van der Waals surface area contributed by atoms with Crippen molar-refractivity contribution in [2.75, 3.05) is 0 Å². The van der Waals surface area contributed by atoms with Gasteiger partial charge in [-0.15, -0.1) is 23.1 Å². The number of hydrogen-bond donors (Lipinski definition) is 2. The molecule has 0 unspecified atom stereocenters. The van der Waals surface area contributed by atoms with E-state index in [1.165, 1.54) is 4.88 Å². The molecule has 1 aliphatic rings. The van der Waals surface area contributed by atoms with Crippen molar-refractivity contribution in [2.24, 2.45) is 0 Å². The van der Waals surface area contributed by atoms with Crippen LogP contribution in [0.3, 0.4) is 0 Å². The van der Waals surface area contributed by atoms with Crippen molar-refractivity contribution in [1.82, 2.24) is 19.9 Å². The second kappa shape index (κ2) is 8.44. The van der Waals surface area contributed by atoms with Crippen LogP contribution in [-0.4, -0.2) is 20.4 Å². The number of imidazole rings is 1. The average molecular weight is 463 g/mol. The van der Waals surface area contributed by atoms with Crippen molar-refractivity contribution >= 4 is 29.0 Å². The molecule has 1 aliphatic heterocycles. The largest absolute Gasteiger partial charge is 0.345 e. The number of aromatic amines is 1. The van der Waals surface area contributed by atoms with Gasteiger partial charge in [-0.1, -0.05) is 18.2 Å². The lowest BCUT2D eigenvalue weighted by Gasteiger charge is -2.19. The molecule has 0 fully saturated rings. The van der Waals surface area contributed by atoms with Crippen molar-refractivity contribution in [3.63, 3.8) is 0 Å². The Morgan fingerprint density at radius 3 is 2.84 bits per heavy atom. The lowest BCUT2D eigenvalue weighted by atomic mass is 10.0. The van der Waals surface area contributed by atoms with Crippen LogP contribution in [0.1, 0.15) is 43.4 Å². The summed E-state index contributed by atoms with van der Waals surface area (Å²) < 4.78 is 2.07. The molecule has 0 spiro atoms. The number of H-pyrrole nitrogens is 1. The lowest BCUT2D eigenvalue weighted by molar-refractivity contribution is 0.0947. The molecular weight excluding hydrogens is 440 g/mol. The highest BCUT2D eigenvalue weighted by Crippen LogP contribution is 2.45. The minimum atomic E-state index is -0.373. The molecule has 6 nitrogen and oxygen atoms in total. The molecule has 2 N–H and O–H groups in total. The van der Waals surface area contributed by atoms with Gasteiger partial charge in [-0.05, 0) is 37.4 Å². The summed E-state index contributed by atoms with van der Waals surface area (Å²) >= 11 is 3.48. The Balaban J connectivity index is 1.62. The van der Waals surface area contributed by atoms with Gasteiger partial charge in [0.2, 0.25) is 0 Å². The maximum Gasteiger partial charge on any atom is 0.257 e. The number of thioether (sulfide) groups is 1. The third-order valence-corrected chi connectivity index (χ3v) is 7.95. The average Bonchev–Trinajstić information content (AvgIpc) is 3.41. The van der Waals surface area contributed by atoms with E-state index in [1.807, 2.05) is 38.1 Å². The molecule has 1 aromatic carbocycles. The fourth-order valence-electron chi connectivity index (χ4n) is 4.12. The van der Waals surface area contributed by atoms with E-state index in [4.69, 9.17) is 0 Å². The van der Waals surface area contributed by atoms with E-state index in [2.05, 4.69) is 37.4 Å². The molecule has 0 radical (unpaired) electrons. The maximum atomic E-state index is 13.3. The van der Waals surface area contributed by atoms with Crippen LogP contribution in [0.4, 0.5) is 0 Å². The summed E-state index contributed by atoms with van der Waals surface area (Å²) in [5, 5.41) is 5.06. The van der Waals surface area contributed by atoms with Crippen LogP contribution in [0.25, 0.3) is 5.69 Å². The van der Waals surface area contributed by atoms with Crippen molar-refractivity contribution < 1.29 is 4.79 Å². The van der Waals surface area contributed by atoms with Crippen LogP contribution in [0.2, 0.25) is 0 Å². The zero-order chi connectivity index (χ0) is 22.2. The normalized spacial score (nSPS) is 15.0. The van der Waals surface area contributed by atoms with E-state index in [9.17, 15) is 9.59 Å². The molecule has 0 saturated carbocycles. The van der Waals surface area contributed by atoms with Crippen molar-refractivity contribution in [3.8, 4) is 5.69 Å². The molecule has 4 aromatic rings. The number of aromatic nitrogens is 3. The lowest BCUT2D eigenvalue weighted by Crippen LogP contribution is -2.32. The molecule has 1 amide bonds. The minimum Gasteiger partial charge on any atom is -0.345 e.